The van der Waals surface area contributed by atoms with Gasteiger partial charge < -0.3 is 16.0 Å². The monoisotopic (exact) mass is 521 g/mol. The summed E-state index contributed by atoms with van der Waals surface area (Å²) >= 11 is 0. The molecule has 4 heterocycles. The number of hydrogen-bond acceptors (Lipinski definition) is 8. The maximum absolute atomic E-state index is 14.2. The number of carbonyl (C=O) groups excluding carboxylic acids is 1. The van der Waals surface area contributed by atoms with Crippen LogP contribution in [0, 0.1) is 0 Å². The molecule has 3 N–H and O–H groups in total. The van der Waals surface area contributed by atoms with Crippen molar-refractivity contribution in [2.45, 2.75) is 19.4 Å². The van der Waals surface area contributed by atoms with E-state index in [1.165, 1.54) is 6.20 Å². The first-order chi connectivity index (χ1) is 18.9. The summed E-state index contributed by atoms with van der Waals surface area (Å²) in [5.41, 5.74) is 8.80. The highest BCUT2D eigenvalue weighted by Crippen LogP contribution is 2.29. The van der Waals surface area contributed by atoms with Crippen molar-refractivity contribution in [3.05, 3.63) is 88.9 Å². The van der Waals surface area contributed by atoms with Crippen molar-refractivity contribution in [1.29, 1.82) is 0 Å². The molecule has 39 heavy (non-hydrogen) atoms. The van der Waals surface area contributed by atoms with Gasteiger partial charge in [-0.2, -0.15) is 10.1 Å². The fraction of sp³-hybridized carbons (Fsp3) is 0.214. The van der Waals surface area contributed by atoms with E-state index in [9.17, 15) is 9.59 Å². The van der Waals surface area contributed by atoms with Crippen molar-refractivity contribution in [1.82, 2.24) is 34.2 Å². The van der Waals surface area contributed by atoms with E-state index in [1.807, 2.05) is 68.7 Å². The number of carbonyl (C=O) groups is 1. The lowest BCUT2D eigenvalue weighted by molar-refractivity contribution is 0.0652. The molecule has 196 valence electrons. The molecule has 1 saturated heterocycles. The second-order valence-electron chi connectivity index (χ2n) is 9.55. The number of nitrogens with zero attached hydrogens (tertiary/aromatic N) is 7. The molecule has 0 radical (unpaired) electrons. The number of fused-ring (bicyclic) bond motifs is 1. The third-order valence-electron chi connectivity index (χ3n) is 6.88. The zero-order valence-electron chi connectivity index (χ0n) is 21.6. The van der Waals surface area contributed by atoms with Crippen molar-refractivity contribution in [3.63, 3.8) is 0 Å². The predicted molar refractivity (Wildman–Crippen MR) is 149 cm³/mol. The van der Waals surface area contributed by atoms with Gasteiger partial charge >= 0.3 is 0 Å². The first kappa shape index (κ1) is 24.3. The molecule has 3 aromatic heterocycles. The predicted octanol–water partition coefficient (Wildman–Crippen LogP) is 3.18. The van der Waals surface area contributed by atoms with E-state index in [1.54, 1.807) is 20.3 Å². The maximum Gasteiger partial charge on any atom is 0.266 e. The highest BCUT2D eigenvalue weighted by molar-refractivity contribution is 5.99. The van der Waals surface area contributed by atoms with Gasteiger partial charge in [-0.1, -0.05) is 30.3 Å². The Morgan fingerprint density at radius 3 is 2.54 bits per heavy atom. The standard InChI is InChI=1S/C28H27N9O2/c1-17(32-24-21(15-30-28(29)34-24)26(38)36-12-7-13-36)25-33-22-11-6-10-20(18-14-31-35(2)16-18)23(22)27(39)37(25)19-8-4-3-5-9-19/h3-6,8-11,14-17H,7,12-13H2,1-2H3,(H3,29,30,32,34). The van der Waals surface area contributed by atoms with E-state index < -0.39 is 6.04 Å². The number of nitrogens with two attached hydrogens (primary N) is 1. The molecule has 1 fully saturated rings. The fourth-order valence-electron chi connectivity index (χ4n) is 4.79. The molecule has 1 amide bonds. The van der Waals surface area contributed by atoms with E-state index in [4.69, 9.17) is 10.7 Å². The normalized spacial score (nSPS) is 13.7. The van der Waals surface area contributed by atoms with Crippen LogP contribution in [0.2, 0.25) is 0 Å². The van der Waals surface area contributed by atoms with Crippen LogP contribution in [0.1, 0.15) is 35.6 Å². The Hall–Kier alpha value is -5.06. The molecule has 0 saturated carbocycles. The van der Waals surface area contributed by atoms with Crippen molar-refractivity contribution in [2.75, 3.05) is 24.1 Å². The Labute approximate surface area is 224 Å². The number of rotatable bonds is 6. The number of nitrogen functional groups attached to an aromatic ring is 1. The fourth-order valence-corrected chi connectivity index (χ4v) is 4.79. The molecule has 2 aromatic carbocycles. The van der Waals surface area contributed by atoms with Crippen LogP contribution < -0.4 is 16.6 Å². The number of amides is 1. The van der Waals surface area contributed by atoms with Crippen molar-refractivity contribution in [2.24, 2.45) is 7.05 Å². The van der Waals surface area contributed by atoms with Crippen LogP contribution in [0.15, 0.2) is 71.9 Å². The molecule has 1 aliphatic heterocycles. The van der Waals surface area contributed by atoms with E-state index in [0.29, 0.717) is 46.9 Å². The van der Waals surface area contributed by atoms with Gasteiger partial charge in [-0.15, -0.1) is 0 Å². The number of aryl methyl sites for hydroxylation is 1. The molecule has 0 aliphatic carbocycles. The topological polar surface area (TPSA) is 137 Å². The lowest BCUT2D eigenvalue weighted by atomic mass is 10.0. The molecule has 1 atom stereocenters. The van der Waals surface area contributed by atoms with Crippen LogP contribution in [-0.2, 0) is 7.05 Å². The number of hydrogen-bond donors (Lipinski definition) is 2. The molecular formula is C28H27N9O2. The molecular weight excluding hydrogens is 494 g/mol. The van der Waals surface area contributed by atoms with Gasteiger partial charge in [-0.3, -0.25) is 18.8 Å². The minimum atomic E-state index is -0.526. The zero-order valence-corrected chi connectivity index (χ0v) is 21.6. The van der Waals surface area contributed by atoms with E-state index in [-0.39, 0.29) is 17.4 Å². The van der Waals surface area contributed by atoms with Crippen LogP contribution in [0.3, 0.4) is 0 Å². The maximum atomic E-state index is 14.2. The van der Waals surface area contributed by atoms with Gasteiger partial charge in [0.2, 0.25) is 5.95 Å². The average Bonchev–Trinajstić information content (AvgIpc) is 3.33. The third kappa shape index (κ3) is 4.37. The molecule has 1 unspecified atom stereocenters. The number of likely N-dealkylation sites (tertiary alicyclic amines) is 1. The lowest BCUT2D eigenvalue weighted by Gasteiger charge is -2.31. The van der Waals surface area contributed by atoms with Gasteiger partial charge in [0.05, 0.1) is 28.8 Å². The molecule has 11 nitrogen and oxygen atoms in total. The van der Waals surface area contributed by atoms with Gasteiger partial charge in [0.1, 0.15) is 17.2 Å². The average molecular weight is 522 g/mol. The lowest BCUT2D eigenvalue weighted by Crippen LogP contribution is -2.42. The largest absolute Gasteiger partial charge is 0.368 e. The summed E-state index contributed by atoms with van der Waals surface area (Å²) in [5.74, 6) is 0.633. The Kier molecular flexibility index (Phi) is 6.02. The summed E-state index contributed by atoms with van der Waals surface area (Å²) < 4.78 is 3.30. The highest BCUT2D eigenvalue weighted by Gasteiger charge is 2.27. The number of aromatic nitrogens is 6. The summed E-state index contributed by atoms with van der Waals surface area (Å²) in [6, 6.07) is 14.4. The van der Waals surface area contributed by atoms with Crippen LogP contribution >= 0.6 is 0 Å². The van der Waals surface area contributed by atoms with Gasteiger partial charge in [-0.25, -0.2) is 9.97 Å². The Morgan fingerprint density at radius 2 is 1.85 bits per heavy atom. The summed E-state index contributed by atoms with van der Waals surface area (Å²) in [6.45, 7) is 3.25. The number of nitrogens with one attached hydrogen (secondary N) is 1. The van der Waals surface area contributed by atoms with E-state index in [0.717, 1.165) is 17.5 Å². The highest BCUT2D eigenvalue weighted by atomic mass is 16.2. The van der Waals surface area contributed by atoms with E-state index >= 15 is 0 Å². The SMILES string of the molecule is CC(Nc1nc(N)ncc1C(=O)N1CCC1)c1nc2cccc(-c3cnn(C)c3)c2c(=O)n1-c1ccccc1. The van der Waals surface area contributed by atoms with Gasteiger partial charge in [0, 0.05) is 38.1 Å². The van der Waals surface area contributed by atoms with Crippen LogP contribution in [-0.4, -0.2) is 53.2 Å². The third-order valence-corrected chi connectivity index (χ3v) is 6.88. The van der Waals surface area contributed by atoms with Crippen LogP contribution in [0.25, 0.3) is 27.7 Å². The molecule has 0 spiro atoms. The van der Waals surface area contributed by atoms with E-state index in [2.05, 4.69) is 20.4 Å². The van der Waals surface area contributed by atoms with Gasteiger partial charge in [0.25, 0.3) is 11.5 Å². The summed E-state index contributed by atoms with van der Waals surface area (Å²) in [6.07, 6.45) is 6.01. The Morgan fingerprint density at radius 1 is 1.05 bits per heavy atom. The van der Waals surface area contributed by atoms with Gasteiger partial charge in [0.15, 0.2) is 0 Å². The number of benzene rings is 2. The van der Waals surface area contributed by atoms with Crippen LogP contribution in [0.4, 0.5) is 11.8 Å². The molecule has 5 aromatic rings. The Bertz CT molecular complexity index is 1760. The van der Waals surface area contributed by atoms with Crippen molar-refractivity contribution in [3.8, 4) is 16.8 Å². The molecule has 6 rings (SSSR count). The summed E-state index contributed by atoms with van der Waals surface area (Å²) in [7, 11) is 1.83. The number of anilines is 2. The second-order valence-corrected chi connectivity index (χ2v) is 9.55. The second kappa shape index (κ2) is 9.67. The van der Waals surface area contributed by atoms with Crippen LogP contribution in [0.5, 0.6) is 0 Å². The summed E-state index contributed by atoms with van der Waals surface area (Å²) in [5, 5.41) is 8.06. The zero-order chi connectivity index (χ0) is 27.1. The first-order valence-electron chi connectivity index (χ1n) is 12.7. The number of para-hydroxylation sites is 1. The molecule has 11 heteroatoms. The Balaban J connectivity index is 1.51. The van der Waals surface area contributed by atoms with Crippen molar-refractivity contribution >= 4 is 28.6 Å². The van der Waals surface area contributed by atoms with Gasteiger partial charge in [-0.05, 0) is 37.1 Å². The minimum absolute atomic E-state index is 0.0397. The first-order valence-corrected chi connectivity index (χ1v) is 12.7. The summed E-state index contributed by atoms with van der Waals surface area (Å²) in [4.78, 5) is 42.4. The quantitative estimate of drug-likeness (QED) is 0.348. The molecule has 0 bridgehead atoms. The minimum Gasteiger partial charge on any atom is -0.368 e. The smallest absolute Gasteiger partial charge is 0.266 e. The van der Waals surface area contributed by atoms with Crippen molar-refractivity contribution < 1.29 is 4.79 Å². The molecule has 1 aliphatic rings.